The number of nitrogen functional groups attached to an aromatic ring is 6. The van der Waals surface area contributed by atoms with Gasteiger partial charge in [0.05, 0.1) is 95.3 Å². The number of ether oxygens (including phenoxy) is 4. The van der Waals surface area contributed by atoms with Crippen molar-refractivity contribution < 1.29 is 42.3 Å². The van der Waals surface area contributed by atoms with Crippen LogP contribution >= 0.6 is 70.4 Å². The second kappa shape index (κ2) is 29.3. The highest BCUT2D eigenvalue weighted by molar-refractivity contribution is 14.1. The molecule has 562 valence electrons. The molecule has 0 spiro atoms. The number of halogens is 7. The Kier molecular flexibility index (Phi) is 21.2. The highest BCUT2D eigenvalue weighted by atomic mass is 127. The first-order chi connectivity index (χ1) is 50.1. The zero-order valence-electron chi connectivity index (χ0n) is 59.3. The van der Waals surface area contributed by atoms with Crippen molar-refractivity contribution in [2.45, 2.75) is 167 Å². The summed E-state index contributed by atoms with van der Waals surface area (Å²) in [7, 11) is 0. The SMILES string of the molecule is C.C=C[C@@]1(C)C[C@@H](n2ccc3c(N)ncc(F)c32)[C@@H]2OC(C)(C)O[C@@H]21.CC1(C)O[C@H]2[C@H](n3ccc4c(N)ncc(F)c43)C[C@](C)(CCc3ccc4cc(Br)c(N)nc4c3)[C@H]2O1.C[C@]1(CCc2ccc3cc(Br)c(N)nc3c2)C[C@@H](n2ccc3c(N)ccc(F)c32)[C@H](O)[C@@H]1O.Nc1nc2cc(I)ccc2cc1Br. The molecule has 12 atom stereocenters. The monoisotopic (exact) mass is 1760 g/mol. The second-order valence-corrected chi connectivity index (χ2v) is 34.2. The van der Waals surface area contributed by atoms with Crippen molar-refractivity contribution in [2.24, 2.45) is 16.2 Å². The smallest absolute Gasteiger partial charge is 0.165 e. The molecule has 107 heavy (non-hydrogen) atoms. The fourth-order valence-corrected chi connectivity index (χ4v) is 18.0. The number of pyridine rings is 5. The molecule has 8 aromatic heterocycles. The lowest BCUT2D eigenvalue weighted by Crippen LogP contribution is -2.35. The summed E-state index contributed by atoms with van der Waals surface area (Å²) in [6.07, 6.45) is 12.4. The van der Waals surface area contributed by atoms with E-state index in [-0.39, 0.29) is 66.4 Å². The van der Waals surface area contributed by atoms with Gasteiger partial charge in [-0.15, -0.1) is 6.58 Å². The van der Waals surface area contributed by atoms with Crippen LogP contribution in [0, 0.1) is 37.3 Å². The van der Waals surface area contributed by atoms with E-state index in [1.807, 2.05) is 123 Å². The number of fused-ring (bicyclic) bond motifs is 8. The molecular formula is C80H87Br3F3IN14O6. The van der Waals surface area contributed by atoms with Crippen molar-refractivity contribution in [1.29, 1.82) is 0 Å². The summed E-state index contributed by atoms with van der Waals surface area (Å²) in [5.74, 6) is -0.435. The Labute approximate surface area is 656 Å². The number of nitrogens with two attached hydrogens (primary N) is 6. The molecule has 12 aromatic rings. The van der Waals surface area contributed by atoms with Gasteiger partial charge in [0, 0.05) is 65.6 Å². The average molecular weight is 1760 g/mol. The molecule has 3 saturated carbocycles. The highest BCUT2D eigenvalue weighted by Crippen LogP contribution is 2.58. The van der Waals surface area contributed by atoms with E-state index >= 15 is 0 Å². The molecule has 4 aromatic carbocycles. The topological polar surface area (TPSA) is 313 Å². The van der Waals surface area contributed by atoms with Crippen LogP contribution in [0.25, 0.3) is 65.4 Å². The number of anilines is 6. The average Bonchev–Trinajstić information content (AvgIpc) is 1.57. The second-order valence-electron chi connectivity index (χ2n) is 30.3. The Hall–Kier alpha value is -7.71. The summed E-state index contributed by atoms with van der Waals surface area (Å²) in [4.78, 5) is 21.1. The first-order valence-electron chi connectivity index (χ1n) is 34.9. The number of aryl methyl sites for hydroxylation is 2. The predicted molar refractivity (Wildman–Crippen MR) is 437 cm³/mol. The van der Waals surface area contributed by atoms with Crippen LogP contribution in [0.2, 0.25) is 0 Å². The van der Waals surface area contributed by atoms with Gasteiger partial charge in [-0.3, -0.25) is 0 Å². The molecular weight excluding hydrogens is 1680 g/mol. The lowest BCUT2D eigenvalue weighted by Gasteiger charge is -2.32. The summed E-state index contributed by atoms with van der Waals surface area (Å²) in [6, 6.07) is 32.1. The van der Waals surface area contributed by atoms with Gasteiger partial charge in [-0.05, 0) is 238 Å². The molecule has 17 rings (SSSR count). The normalized spacial score (nSPS) is 26.0. The third kappa shape index (κ3) is 14.7. The Morgan fingerprint density at radius 2 is 0.935 bits per heavy atom. The van der Waals surface area contributed by atoms with Gasteiger partial charge in [0.1, 0.15) is 53.2 Å². The molecule has 0 amide bonds. The van der Waals surface area contributed by atoms with E-state index in [0.29, 0.717) is 86.7 Å². The molecule has 20 nitrogen and oxygen atoms in total. The minimum absolute atomic E-state index is 0. The molecule has 5 fully saturated rings. The summed E-state index contributed by atoms with van der Waals surface area (Å²) >= 11 is 12.5. The minimum atomic E-state index is -1.01. The summed E-state index contributed by atoms with van der Waals surface area (Å²) in [5, 5.41) is 26.9. The van der Waals surface area contributed by atoms with E-state index in [9.17, 15) is 23.4 Å². The largest absolute Gasteiger partial charge is 0.398 e. The number of aromatic nitrogens is 8. The van der Waals surface area contributed by atoms with Gasteiger partial charge in [0.15, 0.2) is 23.2 Å². The van der Waals surface area contributed by atoms with Crippen molar-refractivity contribution in [2.75, 3.05) is 34.4 Å². The molecule has 2 aliphatic heterocycles. The molecule has 2 saturated heterocycles. The lowest BCUT2D eigenvalue weighted by atomic mass is 9.80. The molecule has 0 bridgehead atoms. The van der Waals surface area contributed by atoms with Gasteiger partial charge in [0.2, 0.25) is 0 Å². The van der Waals surface area contributed by atoms with Gasteiger partial charge in [-0.1, -0.05) is 64.6 Å². The maximum atomic E-state index is 14.9. The molecule has 3 aliphatic carbocycles. The summed E-state index contributed by atoms with van der Waals surface area (Å²) < 4.78 is 78.4. The standard InChI is InChI=1S/C27H29BrFN5O2.C25H26BrFN4O2.C18H22FN3O2.C9H6BrIN2.CH4/c1-26(2)35-22-20(34-9-7-16-21(34)18(29)13-32-24(16)30)12-27(3,23(22)36-26)8-6-14-4-5-15-11-17(28)25(31)33-19(15)10-14;1-25(8-6-13-2-3-14-11-16(26)24(29)30-19(14)10-13)12-20(22(32)23(25)33)31-9-7-15-18(28)5-4-17(27)21(15)31;1-5-18(4)8-12(14-15(18)24-17(2,3)23-14)22-7-6-10-13(22)11(19)9-21-16(10)20;10-7-3-5-1-2-6(11)4-8(5)13-9(7)12;/h4-5,7,9-11,13,20,22-23H,6,8,12H2,1-3H3,(H2,30,32)(H2,31,33);2-5,7,9-11,20,22-23,32-33H,6,8,12,28H2,1H3,(H2,29,30);5-7,9,12,14-15H,1,8H2,2-4H3,(H2,20,21);1-4H,(H2,12,13);1H4/t20-,22+,23+,27+;20-,22+,23+,25+;12-,14+,15+,18+;;/m111../s1. The molecule has 0 unspecified atom stereocenters. The highest BCUT2D eigenvalue weighted by Gasteiger charge is 2.61. The number of aliphatic hydroxyl groups is 2. The predicted octanol–water partition coefficient (Wildman–Crippen LogP) is 17.6. The third-order valence-electron chi connectivity index (χ3n) is 22.1. The molecule has 14 N–H and O–H groups in total. The Morgan fingerprint density at radius 1 is 0.514 bits per heavy atom. The van der Waals surface area contributed by atoms with Crippen molar-refractivity contribution in [1.82, 2.24) is 38.6 Å². The maximum absolute atomic E-state index is 14.9. The quantitative estimate of drug-likeness (QED) is 0.0358. The lowest BCUT2D eigenvalue weighted by molar-refractivity contribution is -0.168. The zero-order chi connectivity index (χ0) is 75.6. The van der Waals surface area contributed by atoms with Gasteiger partial charge in [0.25, 0.3) is 0 Å². The van der Waals surface area contributed by atoms with Crippen LogP contribution in [0.3, 0.4) is 0 Å². The maximum Gasteiger partial charge on any atom is 0.165 e. The van der Waals surface area contributed by atoms with Crippen molar-refractivity contribution in [3.8, 4) is 0 Å². The Morgan fingerprint density at radius 3 is 1.44 bits per heavy atom. The van der Waals surface area contributed by atoms with Crippen LogP contribution in [0.4, 0.5) is 47.9 Å². The van der Waals surface area contributed by atoms with Crippen LogP contribution in [0.15, 0.2) is 160 Å². The summed E-state index contributed by atoms with van der Waals surface area (Å²) in [5.41, 5.74) is 41.3. The first kappa shape index (κ1) is 77.4. The van der Waals surface area contributed by atoms with Gasteiger partial charge < -0.3 is 77.3 Å². The zero-order valence-corrected chi connectivity index (χ0v) is 66.3. The first-order valence-corrected chi connectivity index (χ1v) is 38.4. The van der Waals surface area contributed by atoms with Gasteiger partial charge in [-0.2, -0.15) is 0 Å². The van der Waals surface area contributed by atoms with Crippen LogP contribution in [-0.4, -0.2) is 97.0 Å². The Bertz CT molecular complexity index is 5450. The van der Waals surface area contributed by atoms with E-state index in [1.54, 1.807) is 22.9 Å². The number of rotatable bonds is 10. The van der Waals surface area contributed by atoms with E-state index in [1.165, 1.54) is 33.7 Å². The number of hydrogen-bond donors (Lipinski definition) is 8. The van der Waals surface area contributed by atoms with Crippen LogP contribution in [0.1, 0.15) is 117 Å². The number of nitrogens with zero attached hydrogens (tertiary/aromatic N) is 8. The molecule has 0 radical (unpaired) electrons. The number of benzene rings is 4. The van der Waals surface area contributed by atoms with Crippen LogP contribution in [0.5, 0.6) is 0 Å². The minimum Gasteiger partial charge on any atom is -0.398 e. The number of aliphatic hydroxyl groups excluding tert-OH is 2. The molecule has 5 aliphatic rings. The third-order valence-corrected chi connectivity index (χ3v) is 24.7. The van der Waals surface area contributed by atoms with Crippen LogP contribution in [-0.2, 0) is 31.8 Å². The fraction of sp³-hybridized carbons (Fsp3) is 0.362. The molecule has 10 heterocycles. The van der Waals surface area contributed by atoms with E-state index in [0.717, 1.165) is 77.4 Å². The summed E-state index contributed by atoms with van der Waals surface area (Å²) in [6.45, 7) is 18.0. The van der Waals surface area contributed by atoms with Crippen LogP contribution < -0.4 is 34.4 Å². The van der Waals surface area contributed by atoms with Crippen molar-refractivity contribution in [3.05, 3.63) is 192 Å². The van der Waals surface area contributed by atoms with E-state index in [2.05, 4.69) is 134 Å². The Balaban J connectivity index is 0.000000132. The van der Waals surface area contributed by atoms with Crippen molar-refractivity contribution in [3.63, 3.8) is 0 Å². The number of hydrogen-bond acceptors (Lipinski definition) is 17. The van der Waals surface area contributed by atoms with E-state index < -0.39 is 41.1 Å². The van der Waals surface area contributed by atoms with E-state index in [4.69, 9.17) is 53.3 Å². The molecule has 27 heteroatoms. The van der Waals surface area contributed by atoms with Gasteiger partial charge in [-0.25, -0.2) is 38.1 Å². The van der Waals surface area contributed by atoms with Gasteiger partial charge >= 0.3 is 0 Å². The fourth-order valence-electron chi connectivity index (χ4n) is 16.5. The van der Waals surface area contributed by atoms with Crippen molar-refractivity contribution >= 4 is 171 Å².